The minimum absolute atomic E-state index is 0.133. The average Bonchev–Trinajstić information content (AvgIpc) is 2.63. The fraction of sp³-hybridized carbons (Fsp3) is 0.864. The Morgan fingerprint density at radius 3 is 1.33 bits per heavy atom. The number of rotatable bonds is 17. The fourth-order valence-corrected chi connectivity index (χ4v) is 3.91. The van der Waals surface area contributed by atoms with E-state index in [1.807, 2.05) is 0 Å². The maximum Gasteiger partial charge on any atom is 0.238 e. The molecular formula is C22H40N2O2S. The van der Waals surface area contributed by atoms with Gasteiger partial charge >= 0.3 is 0 Å². The van der Waals surface area contributed by atoms with Gasteiger partial charge in [0, 0.05) is 0 Å². The maximum atomic E-state index is 11.7. The number of carbonyl (C=O) groups is 2. The van der Waals surface area contributed by atoms with Crippen LogP contribution < -0.4 is 10.6 Å². The first kappa shape index (κ1) is 24.1. The predicted octanol–water partition coefficient (Wildman–Crippen LogP) is 5.79. The third-order valence-electron chi connectivity index (χ3n) is 5.45. The monoisotopic (exact) mass is 396 g/mol. The van der Waals surface area contributed by atoms with Crippen molar-refractivity contribution in [2.75, 3.05) is 0 Å². The number of amides is 2. The zero-order valence-corrected chi connectivity index (χ0v) is 18.1. The Kier molecular flexibility index (Phi) is 14.3. The van der Waals surface area contributed by atoms with Gasteiger partial charge in [0.25, 0.3) is 0 Å². The first-order valence-corrected chi connectivity index (χ1v) is 11.7. The molecule has 2 amide bonds. The van der Waals surface area contributed by atoms with Crippen LogP contribution in [0.3, 0.4) is 0 Å². The average molecular weight is 397 g/mol. The van der Waals surface area contributed by atoms with Gasteiger partial charge in [-0.2, -0.15) is 0 Å². The SMILES string of the molecule is CCCCCCCCCCCCCCCCCCC1C(=O)NC(=S)NC1=O. The Bertz CT molecular complexity index is 420. The molecule has 0 saturated carbocycles. The highest BCUT2D eigenvalue weighted by Crippen LogP contribution is 2.16. The number of thiocarbonyl (C=S) groups is 1. The van der Waals surface area contributed by atoms with E-state index in [0.717, 1.165) is 12.8 Å². The summed E-state index contributed by atoms with van der Waals surface area (Å²) in [5, 5.41) is 5.18. The van der Waals surface area contributed by atoms with Gasteiger partial charge in [-0.15, -0.1) is 0 Å². The van der Waals surface area contributed by atoms with E-state index in [4.69, 9.17) is 12.2 Å². The molecule has 4 nitrogen and oxygen atoms in total. The molecule has 0 spiro atoms. The summed E-state index contributed by atoms with van der Waals surface area (Å²) in [6, 6.07) is 0. The molecule has 1 aliphatic heterocycles. The van der Waals surface area contributed by atoms with Crippen LogP contribution in [0.5, 0.6) is 0 Å². The van der Waals surface area contributed by atoms with Gasteiger partial charge < -0.3 is 10.6 Å². The molecule has 1 heterocycles. The van der Waals surface area contributed by atoms with Gasteiger partial charge in [0.15, 0.2) is 5.11 Å². The van der Waals surface area contributed by atoms with E-state index in [2.05, 4.69) is 17.6 Å². The van der Waals surface area contributed by atoms with Gasteiger partial charge in [-0.3, -0.25) is 9.59 Å². The number of hydrogen-bond donors (Lipinski definition) is 2. The van der Waals surface area contributed by atoms with E-state index in [0.29, 0.717) is 6.42 Å². The van der Waals surface area contributed by atoms with Gasteiger partial charge in [0.2, 0.25) is 11.8 Å². The molecule has 0 radical (unpaired) electrons. The highest BCUT2D eigenvalue weighted by molar-refractivity contribution is 7.80. The normalized spacial score (nSPS) is 15.1. The van der Waals surface area contributed by atoms with E-state index in [-0.39, 0.29) is 16.9 Å². The van der Waals surface area contributed by atoms with Crippen LogP contribution in [0, 0.1) is 5.92 Å². The molecule has 0 aromatic rings. The summed E-state index contributed by atoms with van der Waals surface area (Å²) in [6.45, 7) is 2.27. The van der Waals surface area contributed by atoms with Crippen molar-refractivity contribution in [3.63, 3.8) is 0 Å². The van der Waals surface area contributed by atoms with Crippen LogP contribution in [0.1, 0.15) is 116 Å². The molecule has 1 fully saturated rings. The first-order chi connectivity index (χ1) is 13.1. The van der Waals surface area contributed by atoms with E-state index in [9.17, 15) is 9.59 Å². The molecule has 156 valence electrons. The van der Waals surface area contributed by atoms with Crippen LogP contribution in [0.15, 0.2) is 0 Å². The van der Waals surface area contributed by atoms with Crippen molar-refractivity contribution in [2.24, 2.45) is 5.92 Å². The third kappa shape index (κ3) is 12.2. The van der Waals surface area contributed by atoms with Crippen LogP contribution in [0.2, 0.25) is 0 Å². The Morgan fingerprint density at radius 1 is 0.630 bits per heavy atom. The smallest absolute Gasteiger partial charge is 0.238 e. The van der Waals surface area contributed by atoms with E-state index >= 15 is 0 Å². The van der Waals surface area contributed by atoms with Crippen molar-refractivity contribution < 1.29 is 9.59 Å². The highest BCUT2D eigenvalue weighted by Gasteiger charge is 2.31. The summed E-state index contributed by atoms with van der Waals surface area (Å²) in [4.78, 5) is 23.5. The number of unbranched alkanes of at least 4 members (excludes halogenated alkanes) is 15. The molecule has 1 saturated heterocycles. The molecule has 0 aliphatic carbocycles. The van der Waals surface area contributed by atoms with Crippen LogP contribution >= 0.6 is 12.2 Å². The van der Waals surface area contributed by atoms with Crippen molar-refractivity contribution in [1.29, 1.82) is 0 Å². The van der Waals surface area contributed by atoms with Gasteiger partial charge in [0.1, 0.15) is 5.92 Å². The topological polar surface area (TPSA) is 58.2 Å². The Labute approximate surface area is 171 Å². The van der Waals surface area contributed by atoms with E-state index in [1.54, 1.807) is 0 Å². The Morgan fingerprint density at radius 2 is 0.963 bits per heavy atom. The van der Waals surface area contributed by atoms with E-state index in [1.165, 1.54) is 89.9 Å². The molecule has 1 aliphatic rings. The molecular weight excluding hydrogens is 356 g/mol. The zero-order valence-electron chi connectivity index (χ0n) is 17.3. The Balaban J connectivity index is 1.81. The summed E-state index contributed by atoms with van der Waals surface area (Å²) < 4.78 is 0. The van der Waals surface area contributed by atoms with Crippen molar-refractivity contribution in [3.8, 4) is 0 Å². The molecule has 0 aromatic carbocycles. The largest absolute Gasteiger partial charge is 0.302 e. The number of nitrogens with one attached hydrogen (secondary N) is 2. The van der Waals surface area contributed by atoms with Gasteiger partial charge in [-0.1, -0.05) is 110 Å². The predicted molar refractivity (Wildman–Crippen MR) is 117 cm³/mol. The van der Waals surface area contributed by atoms with Crippen LogP contribution in [-0.4, -0.2) is 16.9 Å². The lowest BCUT2D eigenvalue weighted by atomic mass is 9.97. The lowest BCUT2D eigenvalue weighted by Gasteiger charge is -2.22. The molecule has 0 atom stereocenters. The zero-order chi connectivity index (χ0) is 19.7. The van der Waals surface area contributed by atoms with Crippen molar-refractivity contribution >= 4 is 29.1 Å². The second-order valence-electron chi connectivity index (χ2n) is 7.95. The summed E-state index contributed by atoms with van der Waals surface area (Å²) in [5.41, 5.74) is 0. The number of carbonyl (C=O) groups excluding carboxylic acids is 2. The maximum absolute atomic E-state index is 11.7. The minimum atomic E-state index is -0.566. The van der Waals surface area contributed by atoms with Crippen molar-refractivity contribution in [3.05, 3.63) is 0 Å². The lowest BCUT2D eigenvalue weighted by Crippen LogP contribution is -2.55. The lowest BCUT2D eigenvalue weighted by molar-refractivity contribution is -0.135. The Hall–Kier alpha value is -0.970. The summed E-state index contributed by atoms with van der Waals surface area (Å²) in [6.07, 6.45) is 21.8. The summed E-state index contributed by atoms with van der Waals surface area (Å²) in [5.74, 6) is -1.06. The molecule has 5 heteroatoms. The molecule has 2 N–H and O–H groups in total. The quantitative estimate of drug-likeness (QED) is 0.186. The van der Waals surface area contributed by atoms with Crippen LogP contribution in [0.4, 0.5) is 0 Å². The first-order valence-electron chi connectivity index (χ1n) is 11.3. The minimum Gasteiger partial charge on any atom is -0.302 e. The van der Waals surface area contributed by atoms with Gasteiger partial charge in [-0.25, -0.2) is 0 Å². The van der Waals surface area contributed by atoms with Crippen LogP contribution in [-0.2, 0) is 9.59 Å². The number of hydrogen-bond acceptors (Lipinski definition) is 3. The second kappa shape index (κ2) is 16.0. The van der Waals surface area contributed by atoms with Crippen molar-refractivity contribution in [2.45, 2.75) is 116 Å². The van der Waals surface area contributed by atoms with Crippen molar-refractivity contribution in [1.82, 2.24) is 10.6 Å². The molecule has 1 rings (SSSR count). The molecule has 27 heavy (non-hydrogen) atoms. The molecule has 0 aromatic heterocycles. The fourth-order valence-electron chi connectivity index (χ4n) is 3.71. The van der Waals surface area contributed by atoms with Crippen LogP contribution in [0.25, 0.3) is 0 Å². The van der Waals surface area contributed by atoms with Gasteiger partial charge in [0.05, 0.1) is 0 Å². The standard InChI is InChI=1S/C22H40N2O2S/c1-2-3-4-5-6-7-8-9-10-11-12-13-14-15-16-17-18-19-20(25)23-22(27)24-21(19)26/h19H,2-18H2,1H3,(H2,23,24,25,26,27). The summed E-state index contributed by atoms with van der Waals surface area (Å²) >= 11 is 4.80. The molecule has 0 bridgehead atoms. The summed E-state index contributed by atoms with van der Waals surface area (Å²) in [7, 11) is 0. The molecule has 0 unspecified atom stereocenters. The van der Waals surface area contributed by atoms with Gasteiger partial charge in [-0.05, 0) is 18.6 Å². The second-order valence-corrected chi connectivity index (χ2v) is 8.36. The highest BCUT2D eigenvalue weighted by atomic mass is 32.1. The third-order valence-corrected chi connectivity index (χ3v) is 5.66. The van der Waals surface area contributed by atoms with E-state index < -0.39 is 5.92 Å².